The van der Waals surface area contributed by atoms with E-state index in [1.54, 1.807) is 0 Å². The van der Waals surface area contributed by atoms with Gasteiger partial charge >= 0.3 is 0 Å². The predicted octanol–water partition coefficient (Wildman–Crippen LogP) is 4.45. The van der Waals surface area contributed by atoms with Crippen molar-refractivity contribution in [3.05, 3.63) is 72.9 Å². The lowest BCUT2D eigenvalue weighted by molar-refractivity contribution is 1.38. The molecule has 0 atom stereocenters. The first-order valence-corrected chi connectivity index (χ1v) is 6.61. The summed E-state index contributed by atoms with van der Waals surface area (Å²) in [5.74, 6) is 0. The van der Waals surface area contributed by atoms with Crippen LogP contribution < -0.4 is 0 Å². The van der Waals surface area contributed by atoms with Crippen molar-refractivity contribution in [2.75, 3.05) is 0 Å². The topological polar surface area (TPSA) is 25.8 Å². The highest BCUT2D eigenvalue weighted by Gasteiger charge is 2.03. The summed E-state index contributed by atoms with van der Waals surface area (Å²) < 4.78 is 0. The Hall–Kier alpha value is -2.74. The van der Waals surface area contributed by atoms with E-state index in [-0.39, 0.29) is 0 Å². The van der Waals surface area contributed by atoms with Crippen LogP contribution in [0.2, 0.25) is 0 Å². The summed E-state index contributed by atoms with van der Waals surface area (Å²) in [4.78, 5) is 9.13. The summed E-state index contributed by atoms with van der Waals surface area (Å²) in [6.45, 7) is 0. The molecule has 2 aromatic carbocycles. The Morgan fingerprint density at radius 1 is 0.650 bits per heavy atom. The zero-order chi connectivity index (χ0) is 13.4. The van der Waals surface area contributed by atoms with E-state index in [1.807, 2.05) is 30.5 Å². The number of para-hydroxylation sites is 1. The van der Waals surface area contributed by atoms with Crippen molar-refractivity contribution in [1.82, 2.24) is 9.97 Å². The third-order valence-corrected chi connectivity index (χ3v) is 3.50. The van der Waals surface area contributed by atoms with E-state index >= 15 is 0 Å². The SMILES string of the molecule is c1cnc2cc(-c3ccc4ccccc4n3)ccc2c1. The summed E-state index contributed by atoms with van der Waals surface area (Å²) in [5, 5.41) is 2.31. The third kappa shape index (κ3) is 1.82. The number of rotatable bonds is 1. The number of hydrogen-bond acceptors (Lipinski definition) is 2. The number of fused-ring (bicyclic) bond motifs is 2. The van der Waals surface area contributed by atoms with Crippen molar-refractivity contribution in [1.29, 1.82) is 0 Å². The lowest BCUT2D eigenvalue weighted by Gasteiger charge is -2.04. The molecule has 0 radical (unpaired) electrons. The molecule has 0 fully saturated rings. The zero-order valence-corrected chi connectivity index (χ0v) is 10.8. The number of aromatic nitrogens is 2. The second kappa shape index (κ2) is 4.42. The van der Waals surface area contributed by atoms with Gasteiger partial charge in [0, 0.05) is 22.5 Å². The lowest BCUT2D eigenvalue weighted by atomic mass is 10.1. The van der Waals surface area contributed by atoms with Crippen LogP contribution >= 0.6 is 0 Å². The van der Waals surface area contributed by atoms with Crippen molar-refractivity contribution >= 4 is 21.8 Å². The first kappa shape index (κ1) is 11.1. The van der Waals surface area contributed by atoms with E-state index in [0.717, 1.165) is 33.1 Å². The molecule has 2 nitrogen and oxygen atoms in total. The van der Waals surface area contributed by atoms with Crippen molar-refractivity contribution < 1.29 is 0 Å². The van der Waals surface area contributed by atoms with Crippen molar-refractivity contribution in [3.63, 3.8) is 0 Å². The first-order chi connectivity index (χ1) is 9.90. The molecule has 0 aliphatic rings. The molecular weight excluding hydrogens is 244 g/mol. The molecule has 94 valence electrons. The number of pyridine rings is 2. The van der Waals surface area contributed by atoms with Crippen LogP contribution in [0, 0.1) is 0 Å². The van der Waals surface area contributed by atoms with Gasteiger partial charge in [0.15, 0.2) is 0 Å². The maximum absolute atomic E-state index is 4.72. The number of nitrogens with zero attached hydrogens (tertiary/aromatic N) is 2. The average molecular weight is 256 g/mol. The van der Waals surface area contributed by atoms with Crippen LogP contribution in [0.15, 0.2) is 72.9 Å². The molecule has 0 bridgehead atoms. The molecule has 20 heavy (non-hydrogen) atoms. The highest BCUT2D eigenvalue weighted by atomic mass is 14.7. The molecule has 0 spiro atoms. The smallest absolute Gasteiger partial charge is 0.0710 e. The fourth-order valence-corrected chi connectivity index (χ4v) is 2.45. The second-order valence-corrected chi connectivity index (χ2v) is 4.80. The molecule has 0 aliphatic carbocycles. The molecule has 2 heterocycles. The van der Waals surface area contributed by atoms with Gasteiger partial charge in [-0.2, -0.15) is 0 Å². The first-order valence-electron chi connectivity index (χ1n) is 6.61. The van der Waals surface area contributed by atoms with Gasteiger partial charge in [-0.15, -0.1) is 0 Å². The minimum atomic E-state index is 0.983. The standard InChI is InChI=1S/C18H12N2/c1-2-6-16-13(4-1)9-10-17(20-16)15-8-7-14-5-3-11-19-18(14)12-15/h1-12H. The molecule has 0 aliphatic heterocycles. The molecule has 0 saturated carbocycles. The minimum absolute atomic E-state index is 0.983. The van der Waals surface area contributed by atoms with Crippen LogP contribution in [0.4, 0.5) is 0 Å². The van der Waals surface area contributed by atoms with Crippen molar-refractivity contribution in [3.8, 4) is 11.3 Å². The summed E-state index contributed by atoms with van der Waals surface area (Å²) in [7, 11) is 0. The van der Waals surface area contributed by atoms with Gasteiger partial charge in [-0.3, -0.25) is 4.98 Å². The van der Waals surface area contributed by atoms with Gasteiger partial charge in [0.2, 0.25) is 0 Å². The van der Waals surface area contributed by atoms with E-state index < -0.39 is 0 Å². The maximum Gasteiger partial charge on any atom is 0.0710 e. The summed E-state index contributed by atoms with van der Waals surface area (Å²) in [5.41, 5.74) is 4.10. The van der Waals surface area contributed by atoms with E-state index in [0.29, 0.717) is 0 Å². The molecule has 0 saturated heterocycles. The van der Waals surface area contributed by atoms with E-state index in [9.17, 15) is 0 Å². The Morgan fingerprint density at radius 3 is 2.45 bits per heavy atom. The molecule has 4 aromatic rings. The Kier molecular flexibility index (Phi) is 2.46. The monoisotopic (exact) mass is 256 g/mol. The Labute approximate surface area is 116 Å². The van der Waals surface area contributed by atoms with Crippen LogP contribution in [0.25, 0.3) is 33.1 Å². The third-order valence-electron chi connectivity index (χ3n) is 3.50. The Bertz CT molecular complexity index is 836. The lowest BCUT2D eigenvalue weighted by Crippen LogP contribution is -1.86. The molecule has 2 heteroatoms. The van der Waals surface area contributed by atoms with Gasteiger partial charge in [-0.25, -0.2) is 4.98 Å². The molecule has 0 amide bonds. The van der Waals surface area contributed by atoms with Gasteiger partial charge in [0.05, 0.1) is 16.7 Å². The molecule has 0 N–H and O–H groups in total. The largest absolute Gasteiger partial charge is 0.256 e. The van der Waals surface area contributed by atoms with Gasteiger partial charge in [0.1, 0.15) is 0 Å². The van der Waals surface area contributed by atoms with E-state index in [2.05, 4.69) is 47.4 Å². The quantitative estimate of drug-likeness (QED) is 0.503. The molecule has 2 aromatic heterocycles. The highest BCUT2D eigenvalue weighted by Crippen LogP contribution is 2.23. The minimum Gasteiger partial charge on any atom is -0.256 e. The summed E-state index contributed by atoms with van der Waals surface area (Å²) in [6, 6.07) is 22.6. The molecular formula is C18H12N2. The van der Waals surface area contributed by atoms with Crippen molar-refractivity contribution in [2.45, 2.75) is 0 Å². The van der Waals surface area contributed by atoms with Gasteiger partial charge in [-0.05, 0) is 24.3 Å². The normalized spacial score (nSPS) is 11.0. The summed E-state index contributed by atoms with van der Waals surface area (Å²) in [6.07, 6.45) is 1.82. The maximum atomic E-state index is 4.72. The molecule has 4 rings (SSSR count). The highest BCUT2D eigenvalue weighted by molar-refractivity contribution is 5.86. The van der Waals surface area contributed by atoms with E-state index in [1.165, 1.54) is 0 Å². The van der Waals surface area contributed by atoms with Gasteiger partial charge in [-0.1, -0.05) is 42.5 Å². The fraction of sp³-hybridized carbons (Fsp3) is 0. The van der Waals surface area contributed by atoms with Crippen LogP contribution in [-0.4, -0.2) is 9.97 Å². The number of hydrogen-bond donors (Lipinski definition) is 0. The summed E-state index contributed by atoms with van der Waals surface area (Å²) >= 11 is 0. The number of benzene rings is 2. The van der Waals surface area contributed by atoms with Crippen LogP contribution in [-0.2, 0) is 0 Å². The van der Waals surface area contributed by atoms with Crippen molar-refractivity contribution in [2.24, 2.45) is 0 Å². The van der Waals surface area contributed by atoms with Crippen LogP contribution in [0.1, 0.15) is 0 Å². The second-order valence-electron chi connectivity index (χ2n) is 4.80. The Morgan fingerprint density at radius 2 is 1.45 bits per heavy atom. The zero-order valence-electron chi connectivity index (χ0n) is 10.8. The van der Waals surface area contributed by atoms with Gasteiger partial charge < -0.3 is 0 Å². The van der Waals surface area contributed by atoms with Gasteiger partial charge in [0.25, 0.3) is 0 Å². The molecule has 0 unspecified atom stereocenters. The average Bonchev–Trinajstić information content (AvgIpc) is 2.54. The van der Waals surface area contributed by atoms with Crippen LogP contribution in [0.5, 0.6) is 0 Å². The fourth-order valence-electron chi connectivity index (χ4n) is 2.45. The predicted molar refractivity (Wildman–Crippen MR) is 82.5 cm³/mol. The van der Waals surface area contributed by atoms with E-state index in [4.69, 9.17) is 4.98 Å². The Balaban J connectivity index is 1.91. The van der Waals surface area contributed by atoms with Crippen LogP contribution in [0.3, 0.4) is 0 Å².